The van der Waals surface area contributed by atoms with Crippen LogP contribution in [0.2, 0.25) is 0 Å². The molecule has 0 spiro atoms. The third-order valence-corrected chi connectivity index (χ3v) is 4.00. The summed E-state index contributed by atoms with van der Waals surface area (Å²) in [5.74, 6) is 0.109. The molecule has 1 fully saturated rings. The molecule has 3 N–H and O–H groups in total. The van der Waals surface area contributed by atoms with Crippen molar-refractivity contribution in [1.82, 2.24) is 15.5 Å². The van der Waals surface area contributed by atoms with Gasteiger partial charge in [-0.25, -0.2) is 4.79 Å². The summed E-state index contributed by atoms with van der Waals surface area (Å²) >= 11 is 0. The minimum Gasteiger partial charge on any atom is -0.388 e. The van der Waals surface area contributed by atoms with Crippen molar-refractivity contribution in [3.63, 3.8) is 0 Å². The van der Waals surface area contributed by atoms with E-state index < -0.39 is 5.60 Å². The molecule has 1 aliphatic carbocycles. The van der Waals surface area contributed by atoms with E-state index in [0.717, 1.165) is 19.1 Å². The van der Waals surface area contributed by atoms with Gasteiger partial charge in [0.05, 0.1) is 5.60 Å². The number of urea groups is 1. The third-order valence-electron chi connectivity index (χ3n) is 4.00. The minimum absolute atomic E-state index is 0.109. The summed E-state index contributed by atoms with van der Waals surface area (Å²) in [4.78, 5) is 14.0. The Morgan fingerprint density at radius 2 is 2.05 bits per heavy atom. The van der Waals surface area contributed by atoms with Crippen molar-refractivity contribution in [2.45, 2.75) is 52.2 Å². The summed E-state index contributed by atoms with van der Waals surface area (Å²) in [6.45, 7) is 10.6. The molecule has 1 aliphatic rings. The second kappa shape index (κ2) is 7.10. The zero-order valence-electron chi connectivity index (χ0n) is 12.7. The van der Waals surface area contributed by atoms with Crippen molar-refractivity contribution in [3.8, 4) is 0 Å². The second-order valence-corrected chi connectivity index (χ2v) is 5.98. The molecular formula is C14H29N3O2. The van der Waals surface area contributed by atoms with Gasteiger partial charge in [0, 0.05) is 25.7 Å². The number of amides is 2. The molecule has 5 heteroatoms. The summed E-state index contributed by atoms with van der Waals surface area (Å²) in [7, 11) is 0. The van der Waals surface area contributed by atoms with Gasteiger partial charge in [0.1, 0.15) is 0 Å². The maximum absolute atomic E-state index is 11.6. The molecule has 1 unspecified atom stereocenters. The fourth-order valence-electron chi connectivity index (χ4n) is 1.88. The van der Waals surface area contributed by atoms with Crippen LogP contribution in [0.15, 0.2) is 0 Å². The molecule has 0 aromatic carbocycles. The molecule has 0 heterocycles. The standard InChI is InChI=1S/C14H29N3O2/c1-5-17(12-6-7-12)9-8-15-13(18)16-10-14(4,19)11(2)3/h11-12,19H,5-10H2,1-4H3,(H2,15,16,18). The molecule has 0 aromatic heterocycles. The van der Waals surface area contributed by atoms with Crippen LogP contribution in [0, 0.1) is 5.92 Å². The van der Waals surface area contributed by atoms with Crippen molar-refractivity contribution < 1.29 is 9.90 Å². The zero-order valence-corrected chi connectivity index (χ0v) is 12.7. The van der Waals surface area contributed by atoms with Crippen LogP contribution in [-0.2, 0) is 0 Å². The number of hydrogen-bond donors (Lipinski definition) is 3. The predicted molar refractivity (Wildman–Crippen MR) is 77.1 cm³/mol. The van der Waals surface area contributed by atoms with Crippen molar-refractivity contribution >= 4 is 6.03 Å². The minimum atomic E-state index is -0.860. The van der Waals surface area contributed by atoms with Crippen molar-refractivity contribution in [3.05, 3.63) is 0 Å². The van der Waals surface area contributed by atoms with Crippen molar-refractivity contribution in [1.29, 1.82) is 0 Å². The van der Waals surface area contributed by atoms with Crippen molar-refractivity contribution in [2.75, 3.05) is 26.2 Å². The molecule has 0 aliphatic heterocycles. The molecule has 5 nitrogen and oxygen atoms in total. The largest absolute Gasteiger partial charge is 0.388 e. The van der Waals surface area contributed by atoms with Crippen LogP contribution in [0.3, 0.4) is 0 Å². The molecular weight excluding hydrogens is 242 g/mol. The Kier molecular flexibility index (Phi) is 6.07. The predicted octanol–water partition coefficient (Wildman–Crippen LogP) is 1.18. The number of rotatable bonds is 8. The molecule has 0 aromatic rings. The molecule has 0 radical (unpaired) electrons. The Balaban J connectivity index is 2.14. The van der Waals surface area contributed by atoms with Gasteiger partial charge in [-0.3, -0.25) is 4.90 Å². The summed E-state index contributed by atoms with van der Waals surface area (Å²) in [5, 5.41) is 15.6. The van der Waals surface area contributed by atoms with Crippen LogP contribution >= 0.6 is 0 Å². The maximum Gasteiger partial charge on any atom is 0.314 e. The molecule has 0 saturated heterocycles. The number of likely N-dealkylation sites (N-methyl/N-ethyl adjacent to an activating group) is 1. The molecule has 1 saturated carbocycles. The Labute approximate surface area is 116 Å². The lowest BCUT2D eigenvalue weighted by Crippen LogP contribution is -2.48. The Morgan fingerprint density at radius 3 is 2.53 bits per heavy atom. The van der Waals surface area contributed by atoms with E-state index in [1.807, 2.05) is 13.8 Å². The highest BCUT2D eigenvalue weighted by atomic mass is 16.3. The number of nitrogens with one attached hydrogen (secondary N) is 2. The molecule has 2 amide bonds. The highest BCUT2D eigenvalue weighted by molar-refractivity contribution is 5.73. The summed E-state index contributed by atoms with van der Waals surface area (Å²) in [6, 6.07) is 0.532. The zero-order chi connectivity index (χ0) is 14.5. The first-order valence-corrected chi connectivity index (χ1v) is 7.35. The number of carbonyl (C=O) groups is 1. The van der Waals surface area contributed by atoms with Crippen LogP contribution in [0.4, 0.5) is 4.79 Å². The van der Waals surface area contributed by atoms with Gasteiger partial charge in [-0.2, -0.15) is 0 Å². The quantitative estimate of drug-likeness (QED) is 0.621. The Hall–Kier alpha value is -0.810. The Morgan fingerprint density at radius 1 is 1.42 bits per heavy atom. The highest BCUT2D eigenvalue weighted by Gasteiger charge is 2.27. The van der Waals surface area contributed by atoms with Gasteiger partial charge in [-0.1, -0.05) is 20.8 Å². The summed E-state index contributed by atoms with van der Waals surface area (Å²) in [6.07, 6.45) is 2.58. The smallest absolute Gasteiger partial charge is 0.314 e. The van der Waals surface area contributed by atoms with E-state index in [0.29, 0.717) is 6.54 Å². The van der Waals surface area contributed by atoms with Crippen LogP contribution in [0.5, 0.6) is 0 Å². The first kappa shape index (κ1) is 16.2. The lowest BCUT2D eigenvalue weighted by atomic mass is 9.93. The fourth-order valence-corrected chi connectivity index (χ4v) is 1.88. The average Bonchev–Trinajstić information content (AvgIpc) is 3.16. The van der Waals surface area contributed by atoms with E-state index in [2.05, 4.69) is 22.5 Å². The van der Waals surface area contributed by atoms with Gasteiger partial charge in [0.2, 0.25) is 0 Å². The van der Waals surface area contributed by atoms with E-state index in [1.54, 1.807) is 6.92 Å². The van der Waals surface area contributed by atoms with Crippen LogP contribution < -0.4 is 10.6 Å². The Bertz CT molecular complexity index is 288. The fraction of sp³-hybridized carbons (Fsp3) is 0.929. The van der Waals surface area contributed by atoms with Crippen molar-refractivity contribution in [2.24, 2.45) is 5.92 Å². The van der Waals surface area contributed by atoms with Gasteiger partial charge < -0.3 is 15.7 Å². The monoisotopic (exact) mass is 271 g/mol. The maximum atomic E-state index is 11.6. The molecule has 0 bridgehead atoms. The van der Waals surface area contributed by atoms with Gasteiger partial charge in [-0.05, 0) is 32.2 Å². The number of carbonyl (C=O) groups excluding carboxylic acids is 1. The lowest BCUT2D eigenvalue weighted by Gasteiger charge is -2.28. The van der Waals surface area contributed by atoms with Crippen LogP contribution in [0.1, 0.15) is 40.5 Å². The van der Waals surface area contributed by atoms with E-state index in [9.17, 15) is 9.90 Å². The first-order valence-electron chi connectivity index (χ1n) is 7.35. The normalized spacial score (nSPS) is 18.5. The summed E-state index contributed by atoms with van der Waals surface area (Å²) < 4.78 is 0. The number of nitrogens with zero attached hydrogens (tertiary/aromatic N) is 1. The first-order chi connectivity index (χ1) is 8.86. The molecule has 1 atom stereocenters. The van der Waals surface area contributed by atoms with Crippen LogP contribution in [0.25, 0.3) is 0 Å². The van der Waals surface area contributed by atoms with Gasteiger partial charge >= 0.3 is 6.03 Å². The highest BCUT2D eigenvalue weighted by Crippen LogP contribution is 2.25. The van der Waals surface area contributed by atoms with E-state index in [1.165, 1.54) is 12.8 Å². The van der Waals surface area contributed by atoms with Gasteiger partial charge in [0.15, 0.2) is 0 Å². The van der Waals surface area contributed by atoms with E-state index in [-0.39, 0.29) is 18.5 Å². The van der Waals surface area contributed by atoms with Gasteiger partial charge in [0.25, 0.3) is 0 Å². The SMILES string of the molecule is CCN(CCNC(=O)NCC(C)(O)C(C)C)C1CC1. The van der Waals surface area contributed by atoms with E-state index in [4.69, 9.17) is 0 Å². The topological polar surface area (TPSA) is 64.6 Å². The van der Waals surface area contributed by atoms with Gasteiger partial charge in [-0.15, -0.1) is 0 Å². The summed E-state index contributed by atoms with van der Waals surface area (Å²) in [5.41, 5.74) is -0.860. The molecule has 1 rings (SSSR count). The van der Waals surface area contributed by atoms with Crippen LogP contribution in [-0.4, -0.2) is 53.9 Å². The molecule has 112 valence electrons. The van der Waals surface area contributed by atoms with E-state index >= 15 is 0 Å². The molecule has 19 heavy (non-hydrogen) atoms. The lowest BCUT2D eigenvalue weighted by molar-refractivity contribution is 0.0166. The number of aliphatic hydroxyl groups is 1. The third kappa shape index (κ3) is 5.78. The average molecular weight is 271 g/mol. The second-order valence-electron chi connectivity index (χ2n) is 5.98. The number of hydrogen-bond acceptors (Lipinski definition) is 3.